The van der Waals surface area contributed by atoms with Crippen LogP contribution < -0.4 is 16.0 Å². The molecular formula is C42H52N8O6. The average Bonchev–Trinajstić information content (AvgIpc) is 4.01. The summed E-state index contributed by atoms with van der Waals surface area (Å²) < 4.78 is 4.78. The fraction of sp³-hybridized carbons (Fsp3) is 0.476. The summed E-state index contributed by atoms with van der Waals surface area (Å²) in [6.45, 7) is 8.08. The molecule has 2 aromatic heterocycles. The zero-order valence-corrected chi connectivity index (χ0v) is 32.6. The van der Waals surface area contributed by atoms with Crippen LogP contribution in [-0.4, -0.2) is 85.7 Å². The van der Waals surface area contributed by atoms with Crippen LogP contribution in [0.25, 0.3) is 33.6 Å². The van der Waals surface area contributed by atoms with Crippen LogP contribution in [0.1, 0.15) is 94.7 Å². The maximum atomic E-state index is 13.7. The number of nitrogens with one attached hydrogen (secondary N) is 5. The van der Waals surface area contributed by atoms with Crippen molar-refractivity contribution in [2.24, 2.45) is 11.8 Å². The molecule has 4 aromatic rings. The number of alkyl carbamates (subject to hydrolysis) is 1. The van der Waals surface area contributed by atoms with Gasteiger partial charge < -0.3 is 40.7 Å². The number of hydrogen-bond donors (Lipinski definition) is 6. The molecule has 0 radical (unpaired) electrons. The first-order chi connectivity index (χ1) is 26.9. The molecule has 296 valence electrons. The molecule has 3 aliphatic rings. The molecule has 2 fully saturated rings. The van der Waals surface area contributed by atoms with Crippen LogP contribution in [0.2, 0.25) is 0 Å². The molecular weight excluding hydrogens is 713 g/mol. The predicted octanol–water partition coefficient (Wildman–Crippen LogP) is 6.32. The first-order valence-electron chi connectivity index (χ1n) is 19.7. The predicted molar refractivity (Wildman–Crippen MR) is 211 cm³/mol. The number of methoxy groups -OCH3 is 1. The van der Waals surface area contributed by atoms with E-state index in [2.05, 4.69) is 68.4 Å². The number of H-pyrrole nitrogens is 2. The molecule has 7 rings (SSSR count). The second-order valence-electron chi connectivity index (χ2n) is 16.0. The normalized spacial score (nSPS) is 20.0. The van der Waals surface area contributed by atoms with Crippen molar-refractivity contribution in [3.05, 3.63) is 71.6 Å². The summed E-state index contributed by atoms with van der Waals surface area (Å²) in [7, 11) is 1.30. The number of ether oxygens (including phenoxy) is 1. The fourth-order valence-electron chi connectivity index (χ4n) is 8.57. The first-order valence-corrected chi connectivity index (χ1v) is 19.7. The topological polar surface area (TPSA) is 194 Å². The Labute approximate surface area is 326 Å². The number of fused-ring (bicyclic) bond motifs is 3. The number of carbonyl (C=O) groups excluding carboxylic acids is 3. The molecule has 1 saturated heterocycles. The van der Waals surface area contributed by atoms with Crippen molar-refractivity contribution >= 4 is 24.0 Å². The lowest BCUT2D eigenvalue weighted by molar-refractivity contribution is -0.135. The number of aromatic amines is 2. The van der Waals surface area contributed by atoms with Gasteiger partial charge in [0.1, 0.15) is 23.7 Å². The molecule has 14 nitrogen and oxygen atoms in total. The van der Waals surface area contributed by atoms with Crippen molar-refractivity contribution in [2.45, 2.75) is 103 Å². The van der Waals surface area contributed by atoms with E-state index < -0.39 is 24.3 Å². The van der Waals surface area contributed by atoms with Crippen LogP contribution in [0.4, 0.5) is 9.59 Å². The van der Waals surface area contributed by atoms with Gasteiger partial charge in [-0.2, -0.15) is 0 Å². The van der Waals surface area contributed by atoms with Gasteiger partial charge >= 0.3 is 12.2 Å². The molecule has 2 aromatic carbocycles. The summed E-state index contributed by atoms with van der Waals surface area (Å²) in [5, 5.41) is 17.4. The Morgan fingerprint density at radius 1 is 0.857 bits per heavy atom. The lowest BCUT2D eigenvalue weighted by Gasteiger charge is -2.30. The third kappa shape index (κ3) is 7.87. The minimum Gasteiger partial charge on any atom is -0.465 e. The Bertz CT molecular complexity index is 2090. The second kappa shape index (κ2) is 16.2. The SMILES string of the molecule is COC(=O)N[C@H](C(=O)N1CCC[C@H]1c1nc2c([nH]1)CCc1cc(-c3ccc(-c4cnc([C@@H]5CCC[C@H]5NC(=O)[C@@H](NC(=O)O)C(C)C)[nH]4)cc3)ccc1-2)C(C)C. The summed E-state index contributed by atoms with van der Waals surface area (Å²) in [6.07, 6.45) is 5.98. The molecule has 3 heterocycles. The zero-order valence-electron chi connectivity index (χ0n) is 32.6. The van der Waals surface area contributed by atoms with E-state index in [1.165, 1.54) is 12.7 Å². The zero-order chi connectivity index (χ0) is 39.7. The van der Waals surface area contributed by atoms with Crippen LogP contribution in [-0.2, 0) is 27.2 Å². The Morgan fingerprint density at radius 2 is 1.59 bits per heavy atom. The first kappa shape index (κ1) is 38.6. The van der Waals surface area contributed by atoms with Crippen LogP contribution >= 0.6 is 0 Å². The maximum Gasteiger partial charge on any atom is 0.407 e. The minimum atomic E-state index is -1.21. The monoisotopic (exact) mass is 764 g/mol. The summed E-state index contributed by atoms with van der Waals surface area (Å²) in [4.78, 5) is 68.7. The molecule has 5 atom stereocenters. The molecule has 0 unspecified atom stereocenters. The maximum absolute atomic E-state index is 13.7. The van der Waals surface area contributed by atoms with Gasteiger partial charge in [0, 0.05) is 29.8 Å². The van der Waals surface area contributed by atoms with Crippen molar-refractivity contribution in [3.8, 4) is 33.6 Å². The molecule has 4 amide bonds. The lowest BCUT2D eigenvalue weighted by atomic mass is 9.89. The van der Waals surface area contributed by atoms with Crippen molar-refractivity contribution in [3.63, 3.8) is 0 Å². The fourth-order valence-corrected chi connectivity index (χ4v) is 8.57. The highest BCUT2D eigenvalue weighted by Crippen LogP contribution is 2.39. The quantitative estimate of drug-likeness (QED) is 0.102. The van der Waals surface area contributed by atoms with E-state index >= 15 is 0 Å². The minimum absolute atomic E-state index is 0.0124. The Morgan fingerprint density at radius 3 is 2.30 bits per heavy atom. The smallest absolute Gasteiger partial charge is 0.407 e. The van der Waals surface area contributed by atoms with Gasteiger partial charge in [-0.25, -0.2) is 19.6 Å². The number of imidazole rings is 2. The van der Waals surface area contributed by atoms with Crippen molar-refractivity contribution in [2.75, 3.05) is 13.7 Å². The Kier molecular flexibility index (Phi) is 11.2. The van der Waals surface area contributed by atoms with Crippen molar-refractivity contribution < 1.29 is 29.0 Å². The van der Waals surface area contributed by atoms with Gasteiger partial charge in [-0.3, -0.25) is 9.59 Å². The number of nitrogens with zero attached hydrogens (tertiary/aromatic N) is 3. The molecule has 1 aliphatic heterocycles. The van der Waals surface area contributed by atoms with E-state index in [4.69, 9.17) is 14.7 Å². The van der Waals surface area contributed by atoms with Crippen LogP contribution in [0.15, 0.2) is 48.7 Å². The molecule has 0 bridgehead atoms. The third-order valence-electron chi connectivity index (χ3n) is 11.6. The standard InChI is InChI=1S/C42H52N8O6/c1-22(2)34(48-41(53)54)39(51)46-30-9-6-8-29(30)37-43-21-32(45-37)25-13-11-24(12-14-25)26-15-17-28-27(20-26)16-18-31-36(28)47-38(44-31)33-10-7-19-50(33)40(52)35(23(3)4)49-42(55)56-5/h11-15,17,20-23,29-30,33-35,48H,6-10,16,18-19H2,1-5H3,(H,43,45)(H,44,47)(H,46,51)(H,49,55)(H,53,54)/t29-,30-,33+,34+,35+/m1/s1. The summed E-state index contributed by atoms with van der Waals surface area (Å²) in [5.74, 6) is 0.904. The number of likely N-dealkylation sites (tertiary alicyclic amines) is 1. The molecule has 0 spiro atoms. The van der Waals surface area contributed by atoms with E-state index in [1.807, 2.05) is 38.8 Å². The summed E-state index contributed by atoms with van der Waals surface area (Å²) in [5.41, 5.74) is 8.46. The number of amides is 4. The van der Waals surface area contributed by atoms with E-state index in [1.54, 1.807) is 0 Å². The van der Waals surface area contributed by atoms with Gasteiger partial charge in [0.05, 0.1) is 30.7 Å². The number of hydrogen-bond acceptors (Lipinski definition) is 7. The van der Waals surface area contributed by atoms with E-state index in [0.717, 1.165) is 95.9 Å². The number of carbonyl (C=O) groups is 4. The summed E-state index contributed by atoms with van der Waals surface area (Å²) >= 11 is 0. The number of aromatic nitrogens is 4. The van der Waals surface area contributed by atoms with Gasteiger partial charge in [0.2, 0.25) is 11.8 Å². The highest BCUT2D eigenvalue weighted by molar-refractivity contribution is 5.87. The number of carboxylic acid groups (broad SMARTS) is 1. The second-order valence-corrected chi connectivity index (χ2v) is 16.0. The van der Waals surface area contributed by atoms with E-state index in [9.17, 15) is 24.3 Å². The average molecular weight is 765 g/mol. The third-order valence-corrected chi connectivity index (χ3v) is 11.6. The van der Waals surface area contributed by atoms with E-state index in [0.29, 0.717) is 6.54 Å². The molecule has 14 heteroatoms. The lowest BCUT2D eigenvalue weighted by Crippen LogP contribution is -2.52. The van der Waals surface area contributed by atoms with Gasteiger partial charge in [-0.15, -0.1) is 0 Å². The Balaban J connectivity index is 1.03. The Hall–Kier alpha value is -5.66. The van der Waals surface area contributed by atoms with Gasteiger partial charge in [-0.05, 0) is 72.6 Å². The van der Waals surface area contributed by atoms with Gasteiger partial charge in [0.25, 0.3) is 0 Å². The number of benzene rings is 2. The summed E-state index contributed by atoms with van der Waals surface area (Å²) in [6, 6.07) is 13.1. The molecule has 56 heavy (non-hydrogen) atoms. The van der Waals surface area contributed by atoms with Gasteiger partial charge in [-0.1, -0.05) is 76.6 Å². The molecule has 2 aliphatic carbocycles. The highest BCUT2D eigenvalue weighted by Gasteiger charge is 2.39. The molecule has 1 saturated carbocycles. The van der Waals surface area contributed by atoms with Gasteiger partial charge in [0.15, 0.2) is 0 Å². The van der Waals surface area contributed by atoms with Crippen LogP contribution in [0, 0.1) is 11.8 Å². The van der Waals surface area contributed by atoms with Crippen LogP contribution in [0.3, 0.4) is 0 Å². The molecule has 6 N–H and O–H groups in total. The number of rotatable bonds is 11. The largest absolute Gasteiger partial charge is 0.465 e. The highest BCUT2D eigenvalue weighted by atomic mass is 16.5. The van der Waals surface area contributed by atoms with Crippen molar-refractivity contribution in [1.82, 2.24) is 40.8 Å². The van der Waals surface area contributed by atoms with Crippen molar-refractivity contribution in [1.29, 1.82) is 0 Å². The van der Waals surface area contributed by atoms with Crippen LogP contribution in [0.5, 0.6) is 0 Å². The number of aryl methyl sites for hydroxylation is 2. The van der Waals surface area contributed by atoms with E-state index in [-0.39, 0.29) is 41.7 Å².